The molecule has 4 nitrogen and oxygen atoms in total. The van der Waals surface area contributed by atoms with E-state index in [9.17, 15) is 4.79 Å². The number of nitrogens with one attached hydrogen (secondary N) is 1. The number of thioether (sulfide) groups is 1. The van der Waals surface area contributed by atoms with Crippen LogP contribution in [-0.4, -0.2) is 44.1 Å². The summed E-state index contributed by atoms with van der Waals surface area (Å²) in [5, 5.41) is 3.68. The summed E-state index contributed by atoms with van der Waals surface area (Å²) < 4.78 is 10.5. The second kappa shape index (κ2) is 7.88. The fourth-order valence-corrected chi connectivity index (χ4v) is 3.14. The lowest BCUT2D eigenvalue weighted by Crippen LogP contribution is -2.44. The highest BCUT2D eigenvalue weighted by Crippen LogP contribution is 2.20. The van der Waals surface area contributed by atoms with Gasteiger partial charge in [-0.25, -0.2) is 0 Å². The number of carbonyl (C=O) groups is 1. The van der Waals surface area contributed by atoms with Crippen LogP contribution in [0.5, 0.6) is 0 Å². The van der Waals surface area contributed by atoms with E-state index < -0.39 is 0 Å². The second-order valence-corrected chi connectivity index (χ2v) is 5.96. The van der Waals surface area contributed by atoms with Gasteiger partial charge in [-0.2, -0.15) is 0 Å². The topological polar surface area (TPSA) is 47.6 Å². The fourth-order valence-electron chi connectivity index (χ4n) is 2.02. The molecule has 1 fully saturated rings. The van der Waals surface area contributed by atoms with Crippen molar-refractivity contribution in [3.8, 4) is 0 Å². The molecule has 20 heavy (non-hydrogen) atoms. The van der Waals surface area contributed by atoms with Gasteiger partial charge in [-0.15, -0.1) is 11.8 Å². The average Bonchev–Trinajstić information content (AvgIpc) is 2.88. The Morgan fingerprint density at radius 3 is 3.05 bits per heavy atom. The van der Waals surface area contributed by atoms with Crippen LogP contribution < -0.4 is 5.32 Å². The van der Waals surface area contributed by atoms with E-state index in [1.54, 1.807) is 18.9 Å². The van der Waals surface area contributed by atoms with Crippen molar-refractivity contribution < 1.29 is 14.3 Å². The minimum Gasteiger partial charge on any atom is -0.377 e. The molecule has 1 heterocycles. The van der Waals surface area contributed by atoms with E-state index in [0.29, 0.717) is 19.0 Å². The van der Waals surface area contributed by atoms with Crippen LogP contribution in [0.3, 0.4) is 0 Å². The first kappa shape index (κ1) is 15.6. The summed E-state index contributed by atoms with van der Waals surface area (Å²) in [6.45, 7) is 1.05. The molecule has 1 aromatic carbocycles. The number of carbonyl (C=O) groups excluding carboxylic acids is 1. The van der Waals surface area contributed by atoms with E-state index in [2.05, 4.69) is 5.32 Å². The molecule has 0 spiro atoms. The first-order chi connectivity index (χ1) is 9.70. The lowest BCUT2D eigenvalue weighted by atomic mass is 10.2. The first-order valence-electron chi connectivity index (χ1n) is 6.41. The van der Waals surface area contributed by atoms with Gasteiger partial charge in [-0.3, -0.25) is 4.79 Å². The number of hydrogen-bond donors (Lipinski definition) is 1. The molecule has 1 N–H and O–H groups in total. The number of methoxy groups -OCH3 is 1. The molecule has 1 saturated heterocycles. The fraction of sp³-hybridized carbons (Fsp3) is 0.500. The van der Waals surface area contributed by atoms with Gasteiger partial charge in [0.1, 0.15) is 6.10 Å². The molecule has 0 radical (unpaired) electrons. The van der Waals surface area contributed by atoms with Crippen LogP contribution in [0.25, 0.3) is 0 Å². The summed E-state index contributed by atoms with van der Waals surface area (Å²) in [5.74, 6) is 1.12. The van der Waals surface area contributed by atoms with Crippen LogP contribution >= 0.6 is 23.4 Å². The van der Waals surface area contributed by atoms with Crippen LogP contribution in [0, 0.1) is 0 Å². The van der Waals surface area contributed by atoms with Crippen molar-refractivity contribution in [2.24, 2.45) is 0 Å². The third-order valence-corrected chi connectivity index (χ3v) is 4.48. The Labute approximate surface area is 128 Å². The summed E-state index contributed by atoms with van der Waals surface area (Å²) in [6.07, 6.45) is -0.0486. The number of ether oxygens (including phenoxy) is 2. The first-order valence-corrected chi connectivity index (χ1v) is 7.95. The number of rotatable bonds is 6. The van der Waals surface area contributed by atoms with E-state index in [4.69, 9.17) is 21.1 Å². The van der Waals surface area contributed by atoms with Crippen molar-refractivity contribution >= 4 is 29.3 Å². The Kier molecular flexibility index (Phi) is 6.16. The van der Waals surface area contributed by atoms with E-state index >= 15 is 0 Å². The molecule has 2 atom stereocenters. The maximum atomic E-state index is 11.9. The molecule has 1 aromatic rings. The maximum absolute atomic E-state index is 11.9. The zero-order valence-electron chi connectivity index (χ0n) is 11.3. The zero-order chi connectivity index (χ0) is 14.4. The number of amides is 1. The van der Waals surface area contributed by atoms with Gasteiger partial charge in [-0.1, -0.05) is 29.8 Å². The van der Waals surface area contributed by atoms with E-state index in [0.717, 1.165) is 16.3 Å². The normalized spacial score (nSPS) is 21.9. The summed E-state index contributed by atoms with van der Waals surface area (Å²) in [6, 6.07) is 7.62. The largest absolute Gasteiger partial charge is 0.377 e. The third kappa shape index (κ3) is 4.38. The van der Waals surface area contributed by atoms with Gasteiger partial charge in [0, 0.05) is 17.9 Å². The van der Waals surface area contributed by atoms with Gasteiger partial charge in [0.15, 0.2) is 0 Å². The summed E-state index contributed by atoms with van der Waals surface area (Å²) >= 11 is 7.61. The highest BCUT2D eigenvalue weighted by Gasteiger charge is 2.29. The highest BCUT2D eigenvalue weighted by molar-refractivity contribution is 7.99. The molecule has 0 bridgehead atoms. The molecular weight excluding hydrogens is 298 g/mol. The summed E-state index contributed by atoms with van der Waals surface area (Å²) in [5.41, 5.74) is 1.05. The number of halogens is 1. The standard InChI is InChI=1S/C14H18ClNO3S/c1-18-13-7-19-6-12(13)16-14(17)9-20-8-10-4-2-3-5-11(10)15/h2-5,12-13H,6-9H2,1H3,(H,16,17)/t12-,13-/m0/s1. The average molecular weight is 316 g/mol. The Balaban J connectivity index is 1.72. The monoisotopic (exact) mass is 315 g/mol. The zero-order valence-corrected chi connectivity index (χ0v) is 12.9. The second-order valence-electron chi connectivity index (χ2n) is 4.57. The van der Waals surface area contributed by atoms with Crippen molar-refractivity contribution in [2.75, 3.05) is 26.1 Å². The van der Waals surface area contributed by atoms with Crippen LogP contribution in [0.2, 0.25) is 5.02 Å². The van der Waals surface area contributed by atoms with E-state index in [1.807, 2.05) is 24.3 Å². The van der Waals surface area contributed by atoms with Crippen LogP contribution in [0.4, 0.5) is 0 Å². The third-order valence-electron chi connectivity index (χ3n) is 3.13. The van der Waals surface area contributed by atoms with Gasteiger partial charge >= 0.3 is 0 Å². The van der Waals surface area contributed by atoms with Gasteiger partial charge in [0.2, 0.25) is 5.91 Å². The molecule has 0 unspecified atom stereocenters. The van der Waals surface area contributed by atoms with Gasteiger partial charge in [0.25, 0.3) is 0 Å². The smallest absolute Gasteiger partial charge is 0.230 e. The molecule has 0 saturated carbocycles. The molecule has 1 amide bonds. The molecule has 0 aliphatic carbocycles. The number of benzene rings is 1. The Bertz CT molecular complexity index is 458. The molecule has 110 valence electrons. The van der Waals surface area contributed by atoms with Crippen molar-refractivity contribution in [3.05, 3.63) is 34.9 Å². The van der Waals surface area contributed by atoms with Crippen LogP contribution in [-0.2, 0) is 20.0 Å². The van der Waals surface area contributed by atoms with Crippen molar-refractivity contribution in [1.82, 2.24) is 5.32 Å². The Hall–Kier alpha value is -0.750. The Morgan fingerprint density at radius 2 is 2.30 bits per heavy atom. The lowest BCUT2D eigenvalue weighted by molar-refractivity contribution is -0.119. The molecule has 6 heteroatoms. The molecule has 0 aromatic heterocycles. The van der Waals surface area contributed by atoms with E-state index in [-0.39, 0.29) is 18.1 Å². The SMILES string of the molecule is CO[C@H]1COC[C@@H]1NC(=O)CSCc1ccccc1Cl. The van der Waals surface area contributed by atoms with Crippen LogP contribution in [0.15, 0.2) is 24.3 Å². The molecule has 2 rings (SSSR count). The highest BCUT2D eigenvalue weighted by atomic mass is 35.5. The lowest BCUT2D eigenvalue weighted by Gasteiger charge is -2.17. The van der Waals surface area contributed by atoms with Crippen molar-refractivity contribution in [1.29, 1.82) is 0 Å². The summed E-state index contributed by atoms with van der Waals surface area (Å²) in [4.78, 5) is 11.9. The van der Waals surface area contributed by atoms with E-state index in [1.165, 1.54) is 0 Å². The Morgan fingerprint density at radius 1 is 1.50 bits per heavy atom. The molecule has 1 aliphatic heterocycles. The number of hydrogen-bond acceptors (Lipinski definition) is 4. The van der Waals surface area contributed by atoms with Gasteiger partial charge in [0.05, 0.1) is 25.0 Å². The minimum atomic E-state index is -0.0486. The molecular formula is C14H18ClNO3S. The van der Waals surface area contributed by atoms with Crippen molar-refractivity contribution in [2.45, 2.75) is 17.9 Å². The summed E-state index contributed by atoms with van der Waals surface area (Å²) in [7, 11) is 1.63. The van der Waals surface area contributed by atoms with Gasteiger partial charge < -0.3 is 14.8 Å². The maximum Gasteiger partial charge on any atom is 0.230 e. The quantitative estimate of drug-likeness (QED) is 0.873. The molecule has 1 aliphatic rings. The predicted octanol–water partition coefficient (Wildman–Crippen LogP) is 2.10. The van der Waals surface area contributed by atoms with Crippen molar-refractivity contribution in [3.63, 3.8) is 0 Å². The van der Waals surface area contributed by atoms with Gasteiger partial charge in [-0.05, 0) is 11.6 Å². The minimum absolute atomic E-state index is 0.000367. The predicted molar refractivity (Wildman–Crippen MR) is 81.2 cm³/mol. The van der Waals surface area contributed by atoms with Crippen LogP contribution in [0.1, 0.15) is 5.56 Å².